The number of nitrogens with one attached hydrogen (secondary N) is 1. The van der Waals surface area contributed by atoms with Crippen LogP contribution in [0.2, 0.25) is 0 Å². The van der Waals surface area contributed by atoms with E-state index in [0.717, 1.165) is 68.2 Å². The molecule has 8 nitrogen and oxygen atoms in total. The van der Waals surface area contributed by atoms with E-state index in [9.17, 15) is 5.11 Å². The Morgan fingerprint density at radius 1 is 1.17 bits per heavy atom. The standard InChI is InChI=1S/C32H35FN6O2/c1-2-19-6-3-7-20-12-23(40)14-24(26(19)20)28-27(33)29-25(16-35-28)30(39-17-21-13-22(39)15-34-21)37-31(36-29)41-18-32-8-4-10-38(32)11-5-9-32/h3,6-7,12,14,16,21-22,34,40H,2,4-5,8-11,13,15,17-18H2,1H3/t21-,22-/m1/s1. The highest BCUT2D eigenvalue weighted by Crippen LogP contribution is 2.41. The number of pyridine rings is 1. The molecule has 6 heterocycles. The van der Waals surface area contributed by atoms with Gasteiger partial charge in [-0.1, -0.05) is 25.1 Å². The number of benzene rings is 2. The molecule has 0 spiro atoms. The van der Waals surface area contributed by atoms with Gasteiger partial charge in [0.05, 0.1) is 10.9 Å². The van der Waals surface area contributed by atoms with Gasteiger partial charge in [0, 0.05) is 36.9 Å². The summed E-state index contributed by atoms with van der Waals surface area (Å²) >= 11 is 0. The second-order valence-electron chi connectivity index (χ2n) is 12.2. The number of halogens is 1. The zero-order valence-corrected chi connectivity index (χ0v) is 23.4. The van der Waals surface area contributed by atoms with Crippen LogP contribution in [0.15, 0.2) is 36.5 Å². The molecule has 2 aromatic heterocycles. The number of aromatic hydroxyl groups is 1. The summed E-state index contributed by atoms with van der Waals surface area (Å²) in [6.45, 7) is 6.51. The Kier molecular flexibility index (Phi) is 5.83. The molecule has 8 rings (SSSR count). The maximum Gasteiger partial charge on any atom is 0.319 e. The number of anilines is 1. The summed E-state index contributed by atoms with van der Waals surface area (Å²) in [5.74, 6) is 0.254. The topological polar surface area (TPSA) is 86.6 Å². The monoisotopic (exact) mass is 554 g/mol. The molecule has 2 N–H and O–H groups in total. The Hall–Kier alpha value is -3.56. The molecule has 4 aromatic rings. The maximum atomic E-state index is 16.7. The van der Waals surface area contributed by atoms with E-state index in [1.807, 2.05) is 18.2 Å². The van der Waals surface area contributed by atoms with E-state index in [1.165, 1.54) is 12.8 Å². The number of hydrogen-bond acceptors (Lipinski definition) is 8. The molecule has 2 aromatic carbocycles. The maximum absolute atomic E-state index is 16.7. The van der Waals surface area contributed by atoms with E-state index in [0.29, 0.717) is 35.5 Å². The zero-order valence-electron chi connectivity index (χ0n) is 23.4. The molecule has 4 fully saturated rings. The highest BCUT2D eigenvalue weighted by atomic mass is 19.1. The average Bonchev–Trinajstić information content (AvgIpc) is 3.77. The van der Waals surface area contributed by atoms with Crippen LogP contribution in [-0.4, -0.2) is 75.4 Å². The van der Waals surface area contributed by atoms with Gasteiger partial charge in [-0.15, -0.1) is 0 Å². The van der Waals surface area contributed by atoms with Crippen LogP contribution in [0.4, 0.5) is 10.2 Å². The second-order valence-corrected chi connectivity index (χ2v) is 12.2. The summed E-state index contributed by atoms with van der Waals surface area (Å²) in [6, 6.07) is 10.2. The molecular formula is C32H35FN6O2. The number of fused-ring (bicyclic) bond motifs is 5. The van der Waals surface area contributed by atoms with Crippen molar-refractivity contribution in [1.29, 1.82) is 0 Å². The van der Waals surface area contributed by atoms with Gasteiger partial charge in [-0.05, 0) is 80.1 Å². The van der Waals surface area contributed by atoms with Gasteiger partial charge in [0.1, 0.15) is 29.4 Å². The molecular weight excluding hydrogens is 519 g/mol. The predicted molar refractivity (Wildman–Crippen MR) is 157 cm³/mol. The van der Waals surface area contributed by atoms with E-state index in [1.54, 1.807) is 18.3 Å². The first-order chi connectivity index (χ1) is 20.0. The fraction of sp³-hybridized carbons (Fsp3) is 0.469. The van der Waals surface area contributed by atoms with Gasteiger partial charge in [-0.3, -0.25) is 9.88 Å². The van der Waals surface area contributed by atoms with Crippen LogP contribution < -0.4 is 15.0 Å². The van der Waals surface area contributed by atoms with Crippen LogP contribution in [-0.2, 0) is 6.42 Å². The number of nitrogens with zero attached hydrogens (tertiary/aromatic N) is 5. The molecule has 0 radical (unpaired) electrons. The SMILES string of the molecule is CCc1cccc2cc(O)cc(-c3ncc4c(N5C[C@H]6C[C@@H]5CN6)nc(OCC56CCCN5CCC6)nc4c3F)c12. The molecule has 0 amide bonds. The Labute approximate surface area is 238 Å². The summed E-state index contributed by atoms with van der Waals surface area (Å²) < 4.78 is 23.1. The van der Waals surface area contributed by atoms with Crippen molar-refractivity contribution in [3.05, 3.63) is 47.9 Å². The van der Waals surface area contributed by atoms with Crippen molar-refractivity contribution in [3.63, 3.8) is 0 Å². The van der Waals surface area contributed by atoms with Gasteiger partial charge in [0.25, 0.3) is 0 Å². The second kappa shape index (κ2) is 9.49. The molecule has 4 saturated heterocycles. The number of ether oxygens (including phenoxy) is 1. The van der Waals surface area contributed by atoms with Crippen molar-refractivity contribution in [3.8, 4) is 23.0 Å². The van der Waals surface area contributed by atoms with E-state index < -0.39 is 5.82 Å². The summed E-state index contributed by atoms with van der Waals surface area (Å²) in [7, 11) is 0. The molecule has 4 aliphatic rings. The van der Waals surface area contributed by atoms with Crippen molar-refractivity contribution in [2.75, 3.05) is 37.7 Å². The van der Waals surface area contributed by atoms with Crippen molar-refractivity contribution >= 4 is 27.5 Å². The zero-order chi connectivity index (χ0) is 27.7. The summed E-state index contributed by atoms with van der Waals surface area (Å²) in [6.07, 6.45) is 8.10. The Bertz CT molecular complexity index is 1670. The van der Waals surface area contributed by atoms with Gasteiger partial charge in [0.2, 0.25) is 0 Å². The van der Waals surface area contributed by atoms with Crippen molar-refractivity contribution in [2.45, 2.75) is 63.1 Å². The molecule has 41 heavy (non-hydrogen) atoms. The number of hydrogen-bond donors (Lipinski definition) is 2. The third-order valence-corrected chi connectivity index (χ3v) is 9.94. The Balaban J connectivity index is 1.28. The normalized spacial score (nSPS) is 23.2. The number of aryl methyl sites for hydroxylation is 1. The highest BCUT2D eigenvalue weighted by Gasteiger charge is 2.45. The fourth-order valence-corrected chi connectivity index (χ4v) is 7.94. The van der Waals surface area contributed by atoms with E-state index in [-0.39, 0.29) is 28.5 Å². The van der Waals surface area contributed by atoms with Gasteiger partial charge in [-0.2, -0.15) is 9.97 Å². The minimum Gasteiger partial charge on any atom is -0.508 e. The van der Waals surface area contributed by atoms with Gasteiger partial charge < -0.3 is 20.1 Å². The van der Waals surface area contributed by atoms with Crippen LogP contribution in [0.5, 0.6) is 11.8 Å². The lowest BCUT2D eigenvalue weighted by Crippen LogP contribution is -2.44. The lowest BCUT2D eigenvalue weighted by atomic mass is 9.95. The molecule has 2 bridgehead atoms. The van der Waals surface area contributed by atoms with Crippen LogP contribution in [0.1, 0.15) is 44.6 Å². The van der Waals surface area contributed by atoms with Crippen molar-refractivity contribution < 1.29 is 14.2 Å². The number of aromatic nitrogens is 3. The molecule has 9 heteroatoms. The third-order valence-electron chi connectivity index (χ3n) is 9.94. The molecule has 0 saturated carbocycles. The van der Waals surface area contributed by atoms with E-state index in [4.69, 9.17) is 14.7 Å². The average molecular weight is 555 g/mol. The summed E-state index contributed by atoms with van der Waals surface area (Å²) in [5, 5.41) is 16.5. The minimum atomic E-state index is -0.516. The molecule has 0 unspecified atom stereocenters. The highest BCUT2D eigenvalue weighted by molar-refractivity contribution is 6.01. The smallest absolute Gasteiger partial charge is 0.319 e. The number of rotatable bonds is 6. The first kappa shape index (κ1) is 25.2. The van der Waals surface area contributed by atoms with Crippen molar-refractivity contribution in [2.24, 2.45) is 0 Å². The van der Waals surface area contributed by atoms with E-state index >= 15 is 4.39 Å². The van der Waals surface area contributed by atoms with Crippen LogP contribution >= 0.6 is 0 Å². The van der Waals surface area contributed by atoms with Crippen LogP contribution in [0, 0.1) is 5.82 Å². The number of phenolic OH excluding ortho intramolecular Hbond substituents is 1. The number of piperazine rings is 1. The molecule has 2 atom stereocenters. The summed E-state index contributed by atoms with van der Waals surface area (Å²) in [5.41, 5.74) is 2.06. The lowest BCUT2D eigenvalue weighted by Gasteiger charge is -2.32. The minimum absolute atomic E-state index is 0.0358. The van der Waals surface area contributed by atoms with Gasteiger partial charge >= 0.3 is 6.01 Å². The first-order valence-corrected chi connectivity index (χ1v) is 15.0. The largest absolute Gasteiger partial charge is 0.508 e. The van der Waals surface area contributed by atoms with Gasteiger partial charge in [-0.25, -0.2) is 4.39 Å². The van der Waals surface area contributed by atoms with Crippen LogP contribution in [0.3, 0.4) is 0 Å². The van der Waals surface area contributed by atoms with E-state index in [2.05, 4.69) is 27.0 Å². The summed E-state index contributed by atoms with van der Waals surface area (Å²) in [4.78, 5) is 19.1. The quantitative estimate of drug-likeness (QED) is 0.351. The third kappa shape index (κ3) is 3.96. The predicted octanol–water partition coefficient (Wildman–Crippen LogP) is 4.81. The lowest BCUT2D eigenvalue weighted by molar-refractivity contribution is 0.108. The first-order valence-electron chi connectivity index (χ1n) is 15.0. The van der Waals surface area contributed by atoms with Gasteiger partial charge in [0.15, 0.2) is 5.82 Å². The molecule has 4 aliphatic heterocycles. The number of phenols is 1. The Morgan fingerprint density at radius 2 is 2.02 bits per heavy atom. The Morgan fingerprint density at radius 3 is 2.78 bits per heavy atom. The molecule has 212 valence electrons. The van der Waals surface area contributed by atoms with Crippen LogP contribution in [0.25, 0.3) is 32.9 Å². The molecule has 0 aliphatic carbocycles. The van der Waals surface area contributed by atoms with Crippen molar-refractivity contribution in [1.82, 2.24) is 25.2 Å². The fourth-order valence-electron chi connectivity index (χ4n) is 7.94.